The number of hydrogen-bond donors (Lipinski definition) is 1. The Hall–Kier alpha value is -1.63. The number of nitrogens with one attached hydrogen (secondary N) is 1. The molecule has 1 N–H and O–H groups in total. The van der Waals surface area contributed by atoms with Crippen molar-refractivity contribution in [3.8, 4) is 5.75 Å². The molecule has 0 radical (unpaired) electrons. The largest absolute Gasteiger partial charge is 0.497 e. The predicted octanol–water partition coefficient (Wildman–Crippen LogP) is 3.82. The van der Waals surface area contributed by atoms with Crippen LogP contribution in [-0.2, 0) is 11.3 Å². The normalized spacial score (nSPS) is 16.8. The first-order chi connectivity index (χ1) is 11.8. The summed E-state index contributed by atoms with van der Waals surface area (Å²) in [5.41, 5.74) is 1.05. The van der Waals surface area contributed by atoms with Crippen LogP contribution in [0, 0.1) is 0 Å². The van der Waals surface area contributed by atoms with Crippen LogP contribution in [0.1, 0.15) is 17.7 Å². The van der Waals surface area contributed by atoms with Gasteiger partial charge in [-0.15, -0.1) is 11.3 Å². The van der Waals surface area contributed by atoms with Crippen LogP contribution in [0.3, 0.4) is 0 Å². The Morgan fingerprint density at radius 3 is 2.83 bits per heavy atom. The van der Waals surface area contributed by atoms with Gasteiger partial charge in [-0.2, -0.15) is 0 Å². The topological polar surface area (TPSA) is 33.7 Å². The fraction of sp³-hybridized carbons (Fsp3) is 0.389. The van der Waals surface area contributed by atoms with Gasteiger partial charge in [-0.05, 0) is 60.8 Å². The first-order valence-corrected chi connectivity index (χ1v) is 9.38. The molecule has 6 heteroatoms. The number of benzene rings is 1. The maximum absolute atomic E-state index is 5.67. The van der Waals surface area contributed by atoms with Crippen molar-refractivity contribution in [2.75, 3.05) is 25.2 Å². The number of ether oxygens (including phenoxy) is 2. The van der Waals surface area contributed by atoms with Gasteiger partial charge in [-0.25, -0.2) is 0 Å². The molecule has 24 heavy (non-hydrogen) atoms. The molecule has 128 valence electrons. The highest BCUT2D eigenvalue weighted by Crippen LogP contribution is 2.23. The number of methoxy groups -OCH3 is 1. The number of thiocarbonyl (C=S) groups is 1. The van der Waals surface area contributed by atoms with Crippen molar-refractivity contribution in [3.63, 3.8) is 0 Å². The first kappa shape index (κ1) is 17.2. The van der Waals surface area contributed by atoms with Gasteiger partial charge >= 0.3 is 0 Å². The second kappa shape index (κ2) is 8.46. The van der Waals surface area contributed by atoms with Crippen LogP contribution < -0.4 is 15.0 Å². The third-order valence-corrected chi connectivity index (χ3v) is 5.25. The Balaban J connectivity index is 1.71. The van der Waals surface area contributed by atoms with Crippen molar-refractivity contribution in [1.29, 1.82) is 0 Å². The molecule has 0 unspecified atom stereocenters. The summed E-state index contributed by atoms with van der Waals surface area (Å²) in [6.07, 6.45) is 2.50. The van der Waals surface area contributed by atoms with Crippen molar-refractivity contribution < 1.29 is 9.47 Å². The summed E-state index contributed by atoms with van der Waals surface area (Å²) in [6, 6.07) is 12.2. The highest BCUT2D eigenvalue weighted by molar-refractivity contribution is 7.80. The van der Waals surface area contributed by atoms with Gasteiger partial charge in [0, 0.05) is 23.7 Å². The molecular formula is C18H22N2O2S2. The minimum Gasteiger partial charge on any atom is -0.497 e. The van der Waals surface area contributed by atoms with E-state index in [2.05, 4.69) is 27.7 Å². The van der Waals surface area contributed by atoms with E-state index in [-0.39, 0.29) is 6.10 Å². The molecular weight excluding hydrogens is 340 g/mol. The first-order valence-electron chi connectivity index (χ1n) is 8.09. The molecule has 2 aromatic rings. The molecule has 1 atom stereocenters. The predicted molar refractivity (Wildman–Crippen MR) is 103 cm³/mol. The van der Waals surface area contributed by atoms with Gasteiger partial charge in [0.1, 0.15) is 5.75 Å². The van der Waals surface area contributed by atoms with E-state index in [0.717, 1.165) is 49.1 Å². The number of anilines is 1. The molecule has 0 amide bonds. The maximum Gasteiger partial charge on any atom is 0.173 e. The minimum absolute atomic E-state index is 0.266. The number of hydrogen-bond acceptors (Lipinski definition) is 4. The molecule has 3 rings (SSSR count). The third kappa shape index (κ3) is 4.47. The molecule has 1 aliphatic rings. The molecule has 0 bridgehead atoms. The van der Waals surface area contributed by atoms with Crippen LogP contribution in [0.25, 0.3) is 0 Å². The average Bonchev–Trinajstić information content (AvgIpc) is 3.31. The highest BCUT2D eigenvalue weighted by atomic mass is 32.1. The summed E-state index contributed by atoms with van der Waals surface area (Å²) in [4.78, 5) is 3.39. The Morgan fingerprint density at radius 1 is 1.38 bits per heavy atom. The molecule has 1 aromatic carbocycles. The van der Waals surface area contributed by atoms with Crippen LogP contribution in [0.2, 0.25) is 0 Å². The fourth-order valence-electron chi connectivity index (χ4n) is 2.70. The monoisotopic (exact) mass is 362 g/mol. The molecule has 0 saturated carbocycles. The molecule has 0 aliphatic carbocycles. The SMILES string of the molecule is COc1ccc(N(Cc2cccs2)C(=S)NC[C@H]2CCCO2)cc1. The van der Waals surface area contributed by atoms with Crippen LogP contribution in [0.5, 0.6) is 5.75 Å². The lowest BCUT2D eigenvalue weighted by molar-refractivity contribution is 0.114. The van der Waals surface area contributed by atoms with E-state index in [4.69, 9.17) is 21.7 Å². The van der Waals surface area contributed by atoms with E-state index in [9.17, 15) is 0 Å². The lowest BCUT2D eigenvalue weighted by Crippen LogP contribution is -2.42. The molecule has 0 spiro atoms. The maximum atomic E-state index is 5.67. The van der Waals surface area contributed by atoms with Crippen LogP contribution >= 0.6 is 23.6 Å². The summed E-state index contributed by atoms with van der Waals surface area (Å²) >= 11 is 7.39. The summed E-state index contributed by atoms with van der Waals surface area (Å²) < 4.78 is 10.9. The lowest BCUT2D eigenvalue weighted by atomic mass is 10.2. The minimum atomic E-state index is 0.266. The van der Waals surface area contributed by atoms with Crippen molar-refractivity contribution in [2.45, 2.75) is 25.5 Å². The molecule has 1 aliphatic heterocycles. The number of rotatable bonds is 6. The van der Waals surface area contributed by atoms with Crippen molar-refractivity contribution in [3.05, 3.63) is 46.7 Å². The second-order valence-electron chi connectivity index (χ2n) is 5.68. The van der Waals surface area contributed by atoms with Gasteiger partial charge in [-0.1, -0.05) is 6.07 Å². The summed E-state index contributed by atoms with van der Waals surface area (Å²) in [7, 11) is 1.67. The summed E-state index contributed by atoms with van der Waals surface area (Å²) in [5.74, 6) is 0.841. The summed E-state index contributed by atoms with van der Waals surface area (Å²) in [6.45, 7) is 2.37. The quantitative estimate of drug-likeness (QED) is 0.790. The van der Waals surface area contributed by atoms with Crippen LogP contribution in [0.4, 0.5) is 5.69 Å². The van der Waals surface area contributed by atoms with Gasteiger partial charge in [0.2, 0.25) is 0 Å². The lowest BCUT2D eigenvalue weighted by Gasteiger charge is -2.26. The van der Waals surface area contributed by atoms with Gasteiger partial charge in [0.15, 0.2) is 5.11 Å². The molecule has 1 aromatic heterocycles. The fourth-order valence-corrected chi connectivity index (χ4v) is 3.65. The van der Waals surface area contributed by atoms with Crippen molar-refractivity contribution >= 4 is 34.4 Å². The molecule has 4 nitrogen and oxygen atoms in total. The Bertz CT molecular complexity index is 638. The highest BCUT2D eigenvalue weighted by Gasteiger charge is 2.18. The van der Waals surface area contributed by atoms with E-state index in [1.54, 1.807) is 18.4 Å². The van der Waals surface area contributed by atoms with Crippen molar-refractivity contribution in [1.82, 2.24) is 5.32 Å². The van der Waals surface area contributed by atoms with Crippen molar-refractivity contribution in [2.24, 2.45) is 0 Å². The third-order valence-electron chi connectivity index (χ3n) is 4.03. The van der Waals surface area contributed by atoms with E-state index in [1.165, 1.54) is 4.88 Å². The van der Waals surface area contributed by atoms with E-state index >= 15 is 0 Å². The number of thiophene rings is 1. The molecule has 1 fully saturated rings. The van der Waals surface area contributed by atoms with Gasteiger partial charge in [0.25, 0.3) is 0 Å². The van der Waals surface area contributed by atoms with Gasteiger partial charge in [-0.3, -0.25) is 0 Å². The van der Waals surface area contributed by atoms with Crippen LogP contribution in [-0.4, -0.2) is 31.5 Å². The number of nitrogens with zero attached hydrogens (tertiary/aromatic N) is 1. The van der Waals surface area contributed by atoms with Gasteiger partial charge in [0.05, 0.1) is 19.8 Å². The standard InChI is InChI=1S/C18H22N2O2S2/c1-21-15-8-6-14(7-9-15)20(13-17-5-3-11-24-17)18(23)19-12-16-4-2-10-22-16/h3,5-9,11,16H,2,4,10,12-13H2,1H3,(H,19,23)/t16-/m1/s1. The van der Waals surface area contributed by atoms with E-state index in [0.29, 0.717) is 0 Å². The molecule has 2 heterocycles. The smallest absolute Gasteiger partial charge is 0.173 e. The van der Waals surface area contributed by atoms with E-state index < -0.39 is 0 Å². The summed E-state index contributed by atoms with van der Waals surface area (Å²) in [5, 5.41) is 6.18. The average molecular weight is 363 g/mol. The Labute approximate surface area is 152 Å². The Morgan fingerprint density at radius 2 is 2.21 bits per heavy atom. The van der Waals surface area contributed by atoms with E-state index in [1.807, 2.05) is 24.3 Å². The Kier molecular flexibility index (Phi) is 6.07. The van der Waals surface area contributed by atoms with Crippen LogP contribution in [0.15, 0.2) is 41.8 Å². The van der Waals surface area contributed by atoms with Gasteiger partial charge < -0.3 is 19.7 Å². The molecule has 1 saturated heterocycles. The zero-order chi connectivity index (χ0) is 16.8. The second-order valence-corrected chi connectivity index (χ2v) is 7.10. The zero-order valence-corrected chi connectivity index (χ0v) is 15.4. The zero-order valence-electron chi connectivity index (χ0n) is 13.7.